The van der Waals surface area contributed by atoms with Crippen molar-refractivity contribution in [1.29, 1.82) is 0 Å². The van der Waals surface area contributed by atoms with Crippen molar-refractivity contribution in [3.05, 3.63) is 76.9 Å². The number of halogens is 1. The van der Waals surface area contributed by atoms with E-state index >= 15 is 0 Å². The standard InChI is InChI=1S/C21H20ClN/c1-14(2)16-4-6-17(7-5-16)20-12-15(3)13-23-21(20)18-8-10-19(22)11-9-18/h4-14H,1-3H3. The lowest BCUT2D eigenvalue weighted by Gasteiger charge is -2.12. The van der Waals surface area contributed by atoms with Gasteiger partial charge in [-0.15, -0.1) is 0 Å². The fraction of sp³-hybridized carbons (Fsp3) is 0.190. The number of benzene rings is 2. The molecule has 1 nitrogen and oxygen atoms in total. The van der Waals surface area contributed by atoms with Gasteiger partial charge in [0.1, 0.15) is 0 Å². The Morgan fingerprint density at radius 3 is 2.09 bits per heavy atom. The van der Waals surface area contributed by atoms with Gasteiger partial charge in [0.2, 0.25) is 0 Å². The molecule has 0 aliphatic rings. The first kappa shape index (κ1) is 15.8. The maximum absolute atomic E-state index is 6.01. The van der Waals surface area contributed by atoms with Gasteiger partial charge in [0.25, 0.3) is 0 Å². The zero-order valence-corrected chi connectivity index (χ0v) is 14.4. The van der Waals surface area contributed by atoms with Gasteiger partial charge in [0.05, 0.1) is 5.69 Å². The highest BCUT2D eigenvalue weighted by atomic mass is 35.5. The summed E-state index contributed by atoms with van der Waals surface area (Å²) < 4.78 is 0. The molecule has 2 heteroatoms. The summed E-state index contributed by atoms with van der Waals surface area (Å²) in [6, 6.07) is 18.8. The molecule has 0 bridgehead atoms. The molecule has 1 heterocycles. The van der Waals surface area contributed by atoms with Crippen LogP contribution in [0.25, 0.3) is 22.4 Å². The topological polar surface area (TPSA) is 12.9 Å². The minimum Gasteiger partial charge on any atom is -0.255 e. The maximum Gasteiger partial charge on any atom is 0.0780 e. The molecule has 2 aromatic carbocycles. The SMILES string of the molecule is Cc1cnc(-c2ccc(Cl)cc2)c(-c2ccc(C(C)C)cc2)c1. The number of pyridine rings is 1. The summed E-state index contributed by atoms with van der Waals surface area (Å²) in [5, 5.41) is 0.740. The molecule has 3 aromatic rings. The van der Waals surface area contributed by atoms with Crippen LogP contribution >= 0.6 is 11.6 Å². The molecule has 0 unspecified atom stereocenters. The Balaban J connectivity index is 2.10. The van der Waals surface area contributed by atoms with Crippen LogP contribution in [0, 0.1) is 6.92 Å². The van der Waals surface area contributed by atoms with Gasteiger partial charge in [-0.3, -0.25) is 4.98 Å². The lowest BCUT2D eigenvalue weighted by atomic mass is 9.95. The molecule has 0 fully saturated rings. The lowest BCUT2D eigenvalue weighted by molar-refractivity contribution is 0.867. The third-order valence-corrected chi connectivity index (χ3v) is 4.28. The fourth-order valence-electron chi connectivity index (χ4n) is 2.67. The predicted molar refractivity (Wildman–Crippen MR) is 98.9 cm³/mol. The largest absolute Gasteiger partial charge is 0.255 e. The molecule has 23 heavy (non-hydrogen) atoms. The van der Waals surface area contributed by atoms with E-state index in [9.17, 15) is 0 Å². The first-order valence-corrected chi connectivity index (χ1v) is 8.25. The van der Waals surface area contributed by atoms with Gasteiger partial charge in [-0.2, -0.15) is 0 Å². The molecule has 0 aliphatic heterocycles. The Kier molecular flexibility index (Phi) is 4.49. The molecular formula is C21H20ClN. The van der Waals surface area contributed by atoms with Crippen molar-refractivity contribution >= 4 is 11.6 Å². The van der Waals surface area contributed by atoms with E-state index in [1.165, 1.54) is 11.1 Å². The Hall–Kier alpha value is -2.12. The number of hydrogen-bond acceptors (Lipinski definition) is 1. The summed E-state index contributed by atoms with van der Waals surface area (Å²) in [5.74, 6) is 0.537. The van der Waals surface area contributed by atoms with Crippen LogP contribution in [-0.2, 0) is 0 Å². The van der Waals surface area contributed by atoms with Gasteiger partial charge < -0.3 is 0 Å². The van der Waals surface area contributed by atoms with E-state index in [0.717, 1.165) is 27.4 Å². The van der Waals surface area contributed by atoms with E-state index < -0.39 is 0 Å². The predicted octanol–water partition coefficient (Wildman–Crippen LogP) is 6.50. The molecule has 116 valence electrons. The second-order valence-corrected chi connectivity index (χ2v) is 6.63. The van der Waals surface area contributed by atoms with Gasteiger partial charge in [0.15, 0.2) is 0 Å². The Bertz CT molecular complexity index is 802. The summed E-state index contributed by atoms with van der Waals surface area (Å²) in [4.78, 5) is 4.67. The van der Waals surface area contributed by atoms with Crippen molar-refractivity contribution < 1.29 is 0 Å². The third kappa shape index (κ3) is 3.46. The van der Waals surface area contributed by atoms with Crippen LogP contribution in [0.1, 0.15) is 30.9 Å². The maximum atomic E-state index is 6.01. The first-order valence-electron chi connectivity index (χ1n) is 7.87. The number of rotatable bonds is 3. The average Bonchev–Trinajstić information content (AvgIpc) is 2.56. The lowest BCUT2D eigenvalue weighted by Crippen LogP contribution is -1.92. The zero-order valence-electron chi connectivity index (χ0n) is 13.7. The molecule has 0 saturated heterocycles. The highest BCUT2D eigenvalue weighted by Gasteiger charge is 2.10. The fourth-order valence-corrected chi connectivity index (χ4v) is 2.80. The quantitative estimate of drug-likeness (QED) is 0.536. The molecule has 0 N–H and O–H groups in total. The van der Waals surface area contributed by atoms with Gasteiger partial charge in [-0.05, 0) is 47.7 Å². The van der Waals surface area contributed by atoms with Gasteiger partial charge in [-0.1, -0.05) is 61.8 Å². The molecule has 0 amide bonds. The van der Waals surface area contributed by atoms with E-state index in [4.69, 9.17) is 11.6 Å². The summed E-state index contributed by atoms with van der Waals surface area (Å²) >= 11 is 6.01. The molecule has 0 atom stereocenters. The Morgan fingerprint density at radius 1 is 0.870 bits per heavy atom. The average molecular weight is 322 g/mol. The number of aromatic nitrogens is 1. The monoisotopic (exact) mass is 321 g/mol. The minimum absolute atomic E-state index is 0.537. The van der Waals surface area contributed by atoms with Crippen LogP contribution < -0.4 is 0 Å². The van der Waals surface area contributed by atoms with Crippen molar-refractivity contribution in [2.45, 2.75) is 26.7 Å². The van der Waals surface area contributed by atoms with E-state index in [2.05, 4.69) is 56.1 Å². The van der Waals surface area contributed by atoms with Crippen molar-refractivity contribution in [2.24, 2.45) is 0 Å². The Labute approximate surface area is 143 Å². The van der Waals surface area contributed by atoms with Crippen LogP contribution in [-0.4, -0.2) is 4.98 Å². The van der Waals surface area contributed by atoms with Crippen molar-refractivity contribution in [2.75, 3.05) is 0 Å². The number of hydrogen-bond donors (Lipinski definition) is 0. The second kappa shape index (κ2) is 6.55. The van der Waals surface area contributed by atoms with E-state index in [0.29, 0.717) is 5.92 Å². The van der Waals surface area contributed by atoms with Gasteiger partial charge >= 0.3 is 0 Å². The molecule has 3 rings (SSSR count). The van der Waals surface area contributed by atoms with E-state index in [1.54, 1.807) is 0 Å². The molecule has 1 aromatic heterocycles. The molecule has 0 saturated carbocycles. The van der Waals surface area contributed by atoms with Crippen LogP contribution in [0.15, 0.2) is 60.8 Å². The van der Waals surface area contributed by atoms with E-state index in [1.807, 2.05) is 30.5 Å². The first-order chi connectivity index (χ1) is 11.0. The summed E-state index contributed by atoms with van der Waals surface area (Å²) in [5.41, 5.74) is 6.92. The van der Waals surface area contributed by atoms with Gasteiger partial charge in [-0.25, -0.2) is 0 Å². The smallest absolute Gasteiger partial charge is 0.0780 e. The van der Waals surface area contributed by atoms with Crippen molar-refractivity contribution in [1.82, 2.24) is 4.98 Å². The second-order valence-electron chi connectivity index (χ2n) is 6.19. The van der Waals surface area contributed by atoms with E-state index in [-0.39, 0.29) is 0 Å². The molecule has 0 spiro atoms. The number of aryl methyl sites for hydroxylation is 1. The molecular weight excluding hydrogens is 302 g/mol. The highest BCUT2D eigenvalue weighted by molar-refractivity contribution is 6.30. The summed E-state index contributed by atoms with van der Waals surface area (Å²) in [6.07, 6.45) is 1.91. The van der Waals surface area contributed by atoms with Crippen molar-refractivity contribution in [3.63, 3.8) is 0 Å². The minimum atomic E-state index is 0.537. The number of nitrogens with zero attached hydrogens (tertiary/aromatic N) is 1. The van der Waals surface area contributed by atoms with Crippen LogP contribution in [0.5, 0.6) is 0 Å². The molecule has 0 aliphatic carbocycles. The summed E-state index contributed by atoms with van der Waals surface area (Å²) in [7, 11) is 0. The molecule has 0 radical (unpaired) electrons. The highest BCUT2D eigenvalue weighted by Crippen LogP contribution is 2.32. The third-order valence-electron chi connectivity index (χ3n) is 4.03. The summed E-state index contributed by atoms with van der Waals surface area (Å²) in [6.45, 7) is 6.50. The zero-order chi connectivity index (χ0) is 16.4. The van der Waals surface area contributed by atoms with Crippen LogP contribution in [0.2, 0.25) is 5.02 Å². The van der Waals surface area contributed by atoms with Crippen LogP contribution in [0.4, 0.5) is 0 Å². The normalized spacial score (nSPS) is 11.0. The van der Waals surface area contributed by atoms with Gasteiger partial charge in [0, 0.05) is 22.3 Å². The van der Waals surface area contributed by atoms with Crippen LogP contribution in [0.3, 0.4) is 0 Å². The Morgan fingerprint density at radius 2 is 1.48 bits per heavy atom. The van der Waals surface area contributed by atoms with Crippen molar-refractivity contribution in [3.8, 4) is 22.4 Å².